The van der Waals surface area contributed by atoms with Crippen molar-refractivity contribution in [2.75, 3.05) is 7.05 Å². The van der Waals surface area contributed by atoms with E-state index in [1.807, 2.05) is 0 Å². The van der Waals surface area contributed by atoms with Crippen LogP contribution in [-0.2, 0) is 0 Å². The Morgan fingerprint density at radius 1 is 1.64 bits per heavy atom. The summed E-state index contributed by atoms with van der Waals surface area (Å²) in [5.74, 6) is 0.972. The second-order valence-electron chi connectivity index (χ2n) is 3.73. The zero-order chi connectivity index (χ0) is 8.27. The average Bonchev–Trinajstić information content (AvgIpc) is 2.72. The Kier molecular flexibility index (Phi) is 3.13. The molecule has 11 heavy (non-hydrogen) atoms. The molecular weight excluding hydrogens is 134 g/mol. The molecule has 1 aliphatic carbocycles. The lowest BCUT2D eigenvalue weighted by Gasteiger charge is -2.14. The monoisotopic (exact) mass is 153 g/mol. The Morgan fingerprint density at radius 2 is 2.27 bits per heavy atom. The van der Waals surface area contributed by atoms with Gasteiger partial charge in [0.1, 0.15) is 0 Å². The first-order chi connectivity index (χ1) is 5.24. The molecule has 1 heteroatoms. The smallest absolute Gasteiger partial charge is 0.00953 e. The number of nitrogens with one attached hydrogen (secondary N) is 1. The summed E-state index contributed by atoms with van der Waals surface area (Å²) in [6.45, 7) is 6.02. The van der Waals surface area contributed by atoms with E-state index in [9.17, 15) is 0 Å². The Balaban J connectivity index is 2.15. The molecule has 0 aromatic carbocycles. The summed E-state index contributed by atoms with van der Waals surface area (Å²) in [5, 5.41) is 3.38. The third-order valence-electron chi connectivity index (χ3n) is 2.44. The topological polar surface area (TPSA) is 12.0 Å². The summed E-state index contributed by atoms with van der Waals surface area (Å²) in [5.41, 5.74) is 1.31. The van der Waals surface area contributed by atoms with Gasteiger partial charge < -0.3 is 5.32 Å². The highest BCUT2D eigenvalue weighted by atomic mass is 14.9. The molecule has 64 valence electrons. The normalized spacial score (nSPS) is 19.8. The van der Waals surface area contributed by atoms with Crippen molar-refractivity contribution < 1.29 is 0 Å². The van der Waals surface area contributed by atoms with Gasteiger partial charge in [0, 0.05) is 6.04 Å². The van der Waals surface area contributed by atoms with Gasteiger partial charge in [0.15, 0.2) is 0 Å². The molecule has 0 aliphatic heterocycles. The highest BCUT2D eigenvalue weighted by Gasteiger charge is 2.29. The molecule has 1 nitrogen and oxygen atoms in total. The summed E-state index contributed by atoms with van der Waals surface area (Å²) in [4.78, 5) is 0. The molecule has 0 aromatic heterocycles. The highest BCUT2D eigenvalue weighted by Crippen LogP contribution is 2.34. The fraction of sp³-hybridized carbons (Fsp3) is 0.800. The van der Waals surface area contributed by atoms with Crippen LogP contribution in [0, 0.1) is 5.92 Å². The minimum absolute atomic E-state index is 0.756. The summed E-state index contributed by atoms with van der Waals surface area (Å²) in [6.07, 6.45) is 5.32. The fourth-order valence-corrected chi connectivity index (χ4v) is 1.52. The number of hydrogen-bond acceptors (Lipinski definition) is 1. The van der Waals surface area contributed by atoms with Crippen molar-refractivity contribution in [3.05, 3.63) is 12.2 Å². The fourth-order valence-electron chi connectivity index (χ4n) is 1.52. The van der Waals surface area contributed by atoms with Crippen LogP contribution in [0.5, 0.6) is 0 Å². The van der Waals surface area contributed by atoms with E-state index >= 15 is 0 Å². The van der Waals surface area contributed by atoms with Gasteiger partial charge >= 0.3 is 0 Å². The van der Waals surface area contributed by atoms with Crippen LogP contribution in [0.3, 0.4) is 0 Å². The third kappa shape index (κ3) is 3.06. The lowest BCUT2D eigenvalue weighted by molar-refractivity contribution is 0.470. The molecule has 1 aliphatic rings. The average molecular weight is 153 g/mol. The van der Waals surface area contributed by atoms with E-state index in [2.05, 4.69) is 25.9 Å². The minimum Gasteiger partial charge on any atom is -0.317 e. The van der Waals surface area contributed by atoms with Gasteiger partial charge in [-0.3, -0.25) is 0 Å². The maximum absolute atomic E-state index is 3.91. The van der Waals surface area contributed by atoms with Crippen molar-refractivity contribution >= 4 is 0 Å². The highest BCUT2D eigenvalue weighted by molar-refractivity contribution is 4.92. The standard InChI is InChI=1S/C10H19N/c1-8(2)4-7-10(11-3)9-5-6-9/h9-11H,1,4-7H2,2-3H3. The van der Waals surface area contributed by atoms with Gasteiger partial charge in [-0.2, -0.15) is 0 Å². The van der Waals surface area contributed by atoms with E-state index in [-0.39, 0.29) is 0 Å². The van der Waals surface area contributed by atoms with Crippen molar-refractivity contribution in [1.29, 1.82) is 0 Å². The van der Waals surface area contributed by atoms with Crippen molar-refractivity contribution in [3.8, 4) is 0 Å². The second kappa shape index (κ2) is 3.91. The lowest BCUT2D eigenvalue weighted by Crippen LogP contribution is -2.27. The molecule has 0 saturated heterocycles. The first-order valence-corrected chi connectivity index (χ1v) is 4.55. The van der Waals surface area contributed by atoms with Crippen molar-refractivity contribution in [3.63, 3.8) is 0 Å². The maximum Gasteiger partial charge on any atom is 0.00953 e. The Labute approximate surface area is 69.9 Å². The van der Waals surface area contributed by atoms with E-state index in [1.165, 1.54) is 31.3 Å². The molecule has 1 rings (SSSR count). The van der Waals surface area contributed by atoms with E-state index in [4.69, 9.17) is 0 Å². The number of hydrogen-bond donors (Lipinski definition) is 1. The molecule has 0 radical (unpaired) electrons. The van der Waals surface area contributed by atoms with Crippen LogP contribution in [0.15, 0.2) is 12.2 Å². The van der Waals surface area contributed by atoms with Crippen molar-refractivity contribution in [1.82, 2.24) is 5.32 Å². The lowest BCUT2D eigenvalue weighted by atomic mass is 10.0. The first-order valence-electron chi connectivity index (χ1n) is 4.55. The zero-order valence-corrected chi connectivity index (χ0v) is 7.69. The summed E-state index contributed by atoms with van der Waals surface area (Å²) >= 11 is 0. The van der Waals surface area contributed by atoms with Gasteiger partial charge in [0.2, 0.25) is 0 Å². The summed E-state index contributed by atoms with van der Waals surface area (Å²) in [7, 11) is 2.07. The number of allylic oxidation sites excluding steroid dienone is 1. The van der Waals surface area contributed by atoms with Crippen LogP contribution in [0.25, 0.3) is 0 Å². The Hall–Kier alpha value is -0.300. The van der Waals surface area contributed by atoms with Gasteiger partial charge in [-0.25, -0.2) is 0 Å². The van der Waals surface area contributed by atoms with Gasteiger partial charge in [0.05, 0.1) is 0 Å². The van der Waals surface area contributed by atoms with Crippen molar-refractivity contribution in [2.24, 2.45) is 5.92 Å². The molecule has 1 fully saturated rings. The van der Waals surface area contributed by atoms with Gasteiger partial charge in [-0.05, 0) is 45.6 Å². The predicted octanol–water partition coefficient (Wildman–Crippen LogP) is 2.34. The Bertz CT molecular complexity index is 136. The summed E-state index contributed by atoms with van der Waals surface area (Å²) in [6, 6.07) is 0.756. The molecule has 1 unspecified atom stereocenters. The van der Waals surface area contributed by atoms with Crippen LogP contribution in [0.4, 0.5) is 0 Å². The van der Waals surface area contributed by atoms with Gasteiger partial charge in [-0.15, -0.1) is 6.58 Å². The van der Waals surface area contributed by atoms with E-state index in [1.54, 1.807) is 0 Å². The quantitative estimate of drug-likeness (QED) is 0.598. The van der Waals surface area contributed by atoms with E-state index in [0.717, 1.165) is 12.0 Å². The molecule has 0 heterocycles. The first kappa shape index (κ1) is 8.79. The van der Waals surface area contributed by atoms with Gasteiger partial charge in [-0.1, -0.05) is 5.57 Å². The van der Waals surface area contributed by atoms with Gasteiger partial charge in [0.25, 0.3) is 0 Å². The SMILES string of the molecule is C=C(C)CCC(NC)C1CC1. The Morgan fingerprint density at radius 3 is 2.64 bits per heavy atom. The van der Waals surface area contributed by atoms with E-state index in [0.29, 0.717) is 0 Å². The van der Waals surface area contributed by atoms with Crippen LogP contribution in [0.1, 0.15) is 32.6 Å². The van der Waals surface area contributed by atoms with Crippen LogP contribution < -0.4 is 5.32 Å². The zero-order valence-electron chi connectivity index (χ0n) is 7.69. The summed E-state index contributed by atoms with van der Waals surface area (Å²) < 4.78 is 0. The van der Waals surface area contributed by atoms with Crippen LogP contribution >= 0.6 is 0 Å². The van der Waals surface area contributed by atoms with Crippen LogP contribution in [0.2, 0.25) is 0 Å². The van der Waals surface area contributed by atoms with Crippen LogP contribution in [-0.4, -0.2) is 13.1 Å². The molecule has 0 spiro atoms. The molecule has 1 saturated carbocycles. The predicted molar refractivity (Wildman–Crippen MR) is 49.6 cm³/mol. The maximum atomic E-state index is 3.91. The minimum atomic E-state index is 0.756. The molecular formula is C10H19N. The van der Waals surface area contributed by atoms with E-state index < -0.39 is 0 Å². The number of rotatable bonds is 5. The third-order valence-corrected chi connectivity index (χ3v) is 2.44. The molecule has 1 N–H and O–H groups in total. The molecule has 1 atom stereocenters. The molecule has 0 aromatic rings. The largest absolute Gasteiger partial charge is 0.317 e. The molecule has 0 amide bonds. The molecule has 0 bridgehead atoms. The van der Waals surface area contributed by atoms with Crippen molar-refractivity contribution in [2.45, 2.75) is 38.6 Å². The second-order valence-corrected chi connectivity index (χ2v) is 3.73.